The van der Waals surface area contributed by atoms with E-state index in [4.69, 9.17) is 17.3 Å². The van der Waals surface area contributed by atoms with Crippen LogP contribution in [0, 0.1) is 0 Å². The summed E-state index contributed by atoms with van der Waals surface area (Å²) in [5, 5.41) is 0.754. The summed E-state index contributed by atoms with van der Waals surface area (Å²) in [6.07, 6.45) is 7.43. The van der Waals surface area contributed by atoms with E-state index in [-0.39, 0.29) is 6.04 Å². The van der Waals surface area contributed by atoms with E-state index in [1.807, 2.05) is 18.2 Å². The molecule has 1 nitrogen and oxygen atoms in total. The van der Waals surface area contributed by atoms with Gasteiger partial charge in [0.05, 0.1) is 0 Å². The lowest BCUT2D eigenvalue weighted by atomic mass is 10.0. The highest BCUT2D eigenvalue weighted by atomic mass is 79.9. The molecule has 0 amide bonds. The summed E-state index contributed by atoms with van der Waals surface area (Å²) >= 11 is 9.51. The fourth-order valence-corrected chi connectivity index (χ4v) is 2.64. The predicted octanol–water partition coefficient (Wildman–Crippen LogP) is 5.46. The molecule has 0 spiro atoms. The smallest absolute Gasteiger partial charge is 0.0410 e. The summed E-state index contributed by atoms with van der Waals surface area (Å²) in [6.45, 7) is 2.23. The number of halogens is 2. The van der Waals surface area contributed by atoms with Gasteiger partial charge in [-0.05, 0) is 30.2 Å². The number of hydrogen-bond donors (Lipinski definition) is 1. The second kappa shape index (κ2) is 8.12. The first-order valence-corrected chi connectivity index (χ1v) is 7.52. The Morgan fingerprint density at radius 2 is 1.94 bits per heavy atom. The van der Waals surface area contributed by atoms with Crippen molar-refractivity contribution in [2.45, 2.75) is 51.5 Å². The molecule has 0 bridgehead atoms. The zero-order valence-electron chi connectivity index (χ0n) is 10.4. The number of nitrogens with two attached hydrogens (primary N) is 1. The number of hydrogen-bond acceptors (Lipinski definition) is 1. The Balaban J connectivity index is 2.41. The summed E-state index contributed by atoms with van der Waals surface area (Å²) in [4.78, 5) is 0. The van der Waals surface area contributed by atoms with Crippen molar-refractivity contribution < 1.29 is 0 Å². The van der Waals surface area contributed by atoms with Crippen molar-refractivity contribution in [1.82, 2.24) is 0 Å². The van der Waals surface area contributed by atoms with Crippen molar-refractivity contribution in [2.24, 2.45) is 5.73 Å². The topological polar surface area (TPSA) is 26.0 Å². The van der Waals surface area contributed by atoms with Crippen LogP contribution in [0.3, 0.4) is 0 Å². The van der Waals surface area contributed by atoms with Crippen LogP contribution in [-0.4, -0.2) is 0 Å². The molecule has 0 saturated heterocycles. The highest BCUT2D eigenvalue weighted by Crippen LogP contribution is 2.28. The van der Waals surface area contributed by atoms with Gasteiger partial charge < -0.3 is 5.73 Å². The number of rotatable bonds is 7. The lowest BCUT2D eigenvalue weighted by Crippen LogP contribution is -2.10. The van der Waals surface area contributed by atoms with E-state index in [2.05, 4.69) is 22.9 Å². The van der Waals surface area contributed by atoms with Gasteiger partial charge in [-0.3, -0.25) is 0 Å². The average Bonchev–Trinajstić information content (AvgIpc) is 2.32. The molecule has 2 N–H and O–H groups in total. The monoisotopic (exact) mass is 317 g/mol. The van der Waals surface area contributed by atoms with E-state index in [9.17, 15) is 0 Å². The van der Waals surface area contributed by atoms with Gasteiger partial charge in [0.15, 0.2) is 0 Å². The molecule has 3 heteroatoms. The van der Waals surface area contributed by atoms with Gasteiger partial charge in [0.1, 0.15) is 0 Å². The summed E-state index contributed by atoms with van der Waals surface area (Å²) in [5.41, 5.74) is 7.31. The Morgan fingerprint density at radius 3 is 2.65 bits per heavy atom. The van der Waals surface area contributed by atoms with Crippen LogP contribution in [0.1, 0.15) is 57.1 Å². The molecule has 1 atom stereocenters. The maximum Gasteiger partial charge on any atom is 0.0410 e. The quantitative estimate of drug-likeness (QED) is 0.663. The van der Waals surface area contributed by atoms with Crippen LogP contribution in [0.4, 0.5) is 0 Å². The van der Waals surface area contributed by atoms with E-state index >= 15 is 0 Å². The highest BCUT2D eigenvalue weighted by molar-refractivity contribution is 9.10. The van der Waals surface area contributed by atoms with Crippen molar-refractivity contribution in [3.8, 4) is 0 Å². The second-order valence-electron chi connectivity index (χ2n) is 4.48. The van der Waals surface area contributed by atoms with Crippen molar-refractivity contribution in [3.05, 3.63) is 33.3 Å². The molecule has 0 aromatic heterocycles. The molecule has 96 valence electrons. The molecule has 1 unspecified atom stereocenters. The van der Waals surface area contributed by atoms with Gasteiger partial charge in [-0.25, -0.2) is 0 Å². The fourth-order valence-electron chi connectivity index (χ4n) is 1.92. The molecule has 17 heavy (non-hydrogen) atoms. The highest BCUT2D eigenvalue weighted by Gasteiger charge is 2.10. The molecule has 0 aliphatic heterocycles. The fraction of sp³-hybridized carbons (Fsp3) is 0.571. The zero-order chi connectivity index (χ0) is 12.7. The minimum atomic E-state index is 0.0877. The third-order valence-corrected chi connectivity index (χ3v) is 3.93. The summed E-state index contributed by atoms with van der Waals surface area (Å²) in [5.74, 6) is 0. The first-order chi connectivity index (χ1) is 8.15. The standard InChI is InChI=1S/C14H21BrClN/c1-2-3-4-5-6-7-14(17)12-10-11(16)8-9-13(12)15/h8-10,14H,2-7,17H2,1H3. The first-order valence-electron chi connectivity index (χ1n) is 6.35. The molecular weight excluding hydrogens is 298 g/mol. The van der Waals surface area contributed by atoms with Crippen LogP contribution >= 0.6 is 27.5 Å². The molecule has 0 heterocycles. The van der Waals surface area contributed by atoms with E-state index in [0.29, 0.717) is 0 Å². The summed E-state index contributed by atoms with van der Waals surface area (Å²) in [6, 6.07) is 5.89. The maximum atomic E-state index is 6.19. The number of unbranched alkanes of at least 4 members (excludes halogenated alkanes) is 4. The van der Waals surface area contributed by atoms with Gasteiger partial charge in [0.2, 0.25) is 0 Å². The Morgan fingerprint density at radius 1 is 1.24 bits per heavy atom. The van der Waals surface area contributed by atoms with Gasteiger partial charge in [-0.2, -0.15) is 0 Å². The molecule has 0 fully saturated rings. The van der Waals surface area contributed by atoms with Crippen LogP contribution in [-0.2, 0) is 0 Å². The third kappa shape index (κ3) is 5.41. The van der Waals surface area contributed by atoms with Crippen LogP contribution < -0.4 is 5.73 Å². The van der Waals surface area contributed by atoms with Gasteiger partial charge in [-0.15, -0.1) is 0 Å². The van der Waals surface area contributed by atoms with Gasteiger partial charge in [-0.1, -0.05) is 66.6 Å². The van der Waals surface area contributed by atoms with Crippen LogP contribution in [0.15, 0.2) is 22.7 Å². The Bertz CT molecular complexity index is 341. The van der Waals surface area contributed by atoms with E-state index in [0.717, 1.165) is 21.5 Å². The lowest BCUT2D eigenvalue weighted by Gasteiger charge is -2.14. The Kier molecular flexibility index (Phi) is 7.17. The van der Waals surface area contributed by atoms with Crippen molar-refractivity contribution in [2.75, 3.05) is 0 Å². The van der Waals surface area contributed by atoms with Crippen LogP contribution in [0.25, 0.3) is 0 Å². The molecule has 1 rings (SSSR count). The largest absolute Gasteiger partial charge is 0.324 e. The molecule has 1 aromatic carbocycles. The van der Waals surface area contributed by atoms with Crippen LogP contribution in [0.5, 0.6) is 0 Å². The predicted molar refractivity (Wildman–Crippen MR) is 79.5 cm³/mol. The minimum Gasteiger partial charge on any atom is -0.324 e. The average molecular weight is 319 g/mol. The van der Waals surface area contributed by atoms with Crippen LogP contribution in [0.2, 0.25) is 5.02 Å². The van der Waals surface area contributed by atoms with Gasteiger partial charge in [0.25, 0.3) is 0 Å². The summed E-state index contributed by atoms with van der Waals surface area (Å²) in [7, 11) is 0. The SMILES string of the molecule is CCCCCCCC(N)c1cc(Cl)ccc1Br. The maximum absolute atomic E-state index is 6.19. The van der Waals surface area contributed by atoms with E-state index in [1.54, 1.807) is 0 Å². The Labute approximate surface area is 118 Å². The molecule has 1 aromatic rings. The minimum absolute atomic E-state index is 0.0877. The second-order valence-corrected chi connectivity index (χ2v) is 5.77. The van der Waals surface area contributed by atoms with Gasteiger partial charge in [0, 0.05) is 15.5 Å². The molecule has 0 aliphatic rings. The van der Waals surface area contributed by atoms with E-state index in [1.165, 1.54) is 32.1 Å². The van der Waals surface area contributed by atoms with Crippen molar-refractivity contribution in [1.29, 1.82) is 0 Å². The number of benzene rings is 1. The molecule has 0 saturated carbocycles. The zero-order valence-corrected chi connectivity index (χ0v) is 12.7. The normalized spacial score (nSPS) is 12.7. The van der Waals surface area contributed by atoms with E-state index < -0.39 is 0 Å². The Hall–Kier alpha value is -0.0500. The molecular formula is C14H21BrClN. The molecule has 0 radical (unpaired) electrons. The molecule has 0 aliphatic carbocycles. The van der Waals surface area contributed by atoms with Crippen molar-refractivity contribution >= 4 is 27.5 Å². The van der Waals surface area contributed by atoms with Crippen molar-refractivity contribution in [3.63, 3.8) is 0 Å². The summed E-state index contributed by atoms with van der Waals surface area (Å²) < 4.78 is 1.06. The third-order valence-electron chi connectivity index (χ3n) is 2.98. The van der Waals surface area contributed by atoms with Gasteiger partial charge >= 0.3 is 0 Å². The first kappa shape index (κ1) is 15.0. The lowest BCUT2D eigenvalue weighted by molar-refractivity contribution is 0.554.